The summed E-state index contributed by atoms with van der Waals surface area (Å²) in [5.74, 6) is 2.02. The third kappa shape index (κ3) is 3.69. The Morgan fingerprint density at radius 1 is 0.964 bits per heavy atom. The first-order valence-electron chi connectivity index (χ1n) is 8.75. The number of hydrogen-bond acceptors (Lipinski definition) is 5. The third-order valence-corrected chi connectivity index (χ3v) is 4.61. The molecular weight excluding hydrogens is 360 g/mol. The SMILES string of the molecule is COc1ccc2[nH]c(C)c(CC(=O)Nc3cc(OC)c(OC)c(OC)c3)c2c1. The standard InChI is InChI=1S/C21H24N2O5/c1-12-15(16-10-14(25-2)6-7-17(16)22-12)11-20(24)23-13-8-18(26-3)21(28-5)19(9-13)27-4/h6-10,22H,11H2,1-5H3,(H,23,24). The Bertz CT molecular complexity index is 984. The molecule has 2 N–H and O–H groups in total. The second-order valence-corrected chi connectivity index (χ2v) is 6.28. The van der Waals surface area contributed by atoms with E-state index in [0.717, 1.165) is 27.9 Å². The van der Waals surface area contributed by atoms with Crippen LogP contribution in [0.5, 0.6) is 23.0 Å². The number of aromatic nitrogens is 1. The number of carbonyl (C=O) groups is 1. The summed E-state index contributed by atoms with van der Waals surface area (Å²) in [6, 6.07) is 9.16. The van der Waals surface area contributed by atoms with Gasteiger partial charge in [0, 0.05) is 34.4 Å². The lowest BCUT2D eigenvalue weighted by molar-refractivity contribution is -0.115. The molecule has 28 heavy (non-hydrogen) atoms. The van der Waals surface area contributed by atoms with Crippen molar-refractivity contribution in [1.29, 1.82) is 0 Å². The molecule has 3 aromatic rings. The number of ether oxygens (including phenoxy) is 4. The number of amides is 1. The fourth-order valence-corrected chi connectivity index (χ4v) is 3.24. The van der Waals surface area contributed by atoms with Crippen LogP contribution in [0.25, 0.3) is 10.9 Å². The monoisotopic (exact) mass is 384 g/mol. The van der Waals surface area contributed by atoms with E-state index in [2.05, 4.69) is 10.3 Å². The van der Waals surface area contributed by atoms with E-state index in [1.807, 2.05) is 25.1 Å². The summed E-state index contributed by atoms with van der Waals surface area (Å²) in [6.45, 7) is 1.95. The van der Waals surface area contributed by atoms with Gasteiger partial charge in [-0.3, -0.25) is 4.79 Å². The van der Waals surface area contributed by atoms with E-state index in [-0.39, 0.29) is 12.3 Å². The first-order valence-corrected chi connectivity index (χ1v) is 8.75. The van der Waals surface area contributed by atoms with Crippen LogP contribution in [0.3, 0.4) is 0 Å². The summed E-state index contributed by atoms with van der Waals surface area (Å²) >= 11 is 0. The molecule has 7 heteroatoms. The zero-order chi connectivity index (χ0) is 20.3. The Kier molecular flexibility index (Phi) is 5.63. The van der Waals surface area contributed by atoms with E-state index in [1.165, 1.54) is 21.3 Å². The van der Waals surface area contributed by atoms with E-state index in [9.17, 15) is 4.79 Å². The van der Waals surface area contributed by atoms with Crippen molar-refractivity contribution in [2.75, 3.05) is 33.8 Å². The lowest BCUT2D eigenvalue weighted by Crippen LogP contribution is -2.15. The van der Waals surface area contributed by atoms with Gasteiger partial charge >= 0.3 is 0 Å². The molecule has 0 saturated heterocycles. The summed E-state index contributed by atoms with van der Waals surface area (Å²) < 4.78 is 21.3. The summed E-state index contributed by atoms with van der Waals surface area (Å²) in [5.41, 5.74) is 3.41. The molecule has 0 aliphatic carbocycles. The van der Waals surface area contributed by atoms with Crippen molar-refractivity contribution in [2.24, 2.45) is 0 Å². The number of rotatable bonds is 7. The predicted molar refractivity (Wildman–Crippen MR) is 108 cm³/mol. The predicted octanol–water partition coefficient (Wildman–Crippen LogP) is 3.69. The van der Waals surface area contributed by atoms with Crippen molar-refractivity contribution in [1.82, 2.24) is 4.98 Å². The fraction of sp³-hybridized carbons (Fsp3) is 0.286. The Hall–Kier alpha value is -3.35. The minimum absolute atomic E-state index is 0.152. The summed E-state index contributed by atoms with van der Waals surface area (Å²) in [6.07, 6.45) is 0.218. The molecule has 1 aromatic heterocycles. The van der Waals surface area contributed by atoms with Crippen molar-refractivity contribution in [3.63, 3.8) is 0 Å². The molecular formula is C21H24N2O5. The minimum atomic E-state index is -0.152. The number of nitrogens with one attached hydrogen (secondary N) is 2. The molecule has 0 saturated carbocycles. The maximum atomic E-state index is 12.7. The second-order valence-electron chi connectivity index (χ2n) is 6.28. The number of aromatic amines is 1. The molecule has 0 aliphatic heterocycles. The van der Waals surface area contributed by atoms with E-state index in [4.69, 9.17) is 18.9 Å². The zero-order valence-electron chi connectivity index (χ0n) is 16.6. The Labute approximate surface area is 163 Å². The van der Waals surface area contributed by atoms with Gasteiger partial charge in [-0.15, -0.1) is 0 Å². The molecule has 3 rings (SSSR count). The highest BCUT2D eigenvalue weighted by Crippen LogP contribution is 2.40. The van der Waals surface area contributed by atoms with Gasteiger partial charge in [0.25, 0.3) is 0 Å². The van der Waals surface area contributed by atoms with Crippen LogP contribution < -0.4 is 24.3 Å². The first kappa shape index (κ1) is 19.4. The van der Waals surface area contributed by atoms with Crippen LogP contribution >= 0.6 is 0 Å². The summed E-state index contributed by atoms with van der Waals surface area (Å²) in [5, 5.41) is 3.87. The smallest absolute Gasteiger partial charge is 0.228 e. The number of benzene rings is 2. The topological polar surface area (TPSA) is 81.8 Å². The Morgan fingerprint density at radius 2 is 1.64 bits per heavy atom. The van der Waals surface area contributed by atoms with E-state index >= 15 is 0 Å². The molecule has 0 unspecified atom stereocenters. The van der Waals surface area contributed by atoms with Crippen molar-refractivity contribution in [3.8, 4) is 23.0 Å². The number of carbonyl (C=O) groups excluding carboxylic acids is 1. The lowest BCUT2D eigenvalue weighted by Gasteiger charge is -2.14. The highest BCUT2D eigenvalue weighted by molar-refractivity contribution is 5.97. The highest BCUT2D eigenvalue weighted by atomic mass is 16.5. The molecule has 148 valence electrons. The molecule has 0 aliphatic rings. The maximum Gasteiger partial charge on any atom is 0.228 e. The van der Waals surface area contributed by atoms with Gasteiger partial charge in [-0.05, 0) is 30.7 Å². The number of methoxy groups -OCH3 is 4. The molecule has 2 aromatic carbocycles. The Balaban J connectivity index is 1.87. The van der Waals surface area contributed by atoms with Gasteiger partial charge in [0.1, 0.15) is 5.75 Å². The minimum Gasteiger partial charge on any atom is -0.497 e. The summed E-state index contributed by atoms with van der Waals surface area (Å²) in [4.78, 5) is 16.0. The van der Waals surface area contributed by atoms with Gasteiger partial charge in [-0.1, -0.05) is 0 Å². The second kappa shape index (κ2) is 8.12. The number of fused-ring (bicyclic) bond motifs is 1. The fourth-order valence-electron chi connectivity index (χ4n) is 3.24. The number of H-pyrrole nitrogens is 1. The van der Waals surface area contributed by atoms with Crippen molar-refractivity contribution >= 4 is 22.5 Å². The first-order chi connectivity index (χ1) is 13.5. The summed E-state index contributed by atoms with van der Waals surface area (Å²) in [7, 11) is 6.22. The van der Waals surface area contributed by atoms with Gasteiger partial charge in [-0.2, -0.15) is 0 Å². The average Bonchev–Trinajstić information content (AvgIpc) is 3.01. The maximum absolute atomic E-state index is 12.7. The average molecular weight is 384 g/mol. The van der Waals surface area contributed by atoms with Gasteiger partial charge in [0.05, 0.1) is 34.9 Å². The molecule has 0 atom stereocenters. The van der Waals surface area contributed by atoms with Crippen LogP contribution in [0.15, 0.2) is 30.3 Å². The van der Waals surface area contributed by atoms with E-state index in [1.54, 1.807) is 19.2 Å². The molecule has 1 amide bonds. The normalized spacial score (nSPS) is 10.6. The van der Waals surface area contributed by atoms with Gasteiger partial charge in [0.2, 0.25) is 11.7 Å². The Morgan fingerprint density at radius 3 is 2.21 bits per heavy atom. The van der Waals surface area contributed by atoms with E-state index in [0.29, 0.717) is 22.9 Å². The van der Waals surface area contributed by atoms with Crippen molar-refractivity contribution in [2.45, 2.75) is 13.3 Å². The highest BCUT2D eigenvalue weighted by Gasteiger charge is 2.17. The van der Waals surface area contributed by atoms with Crippen LogP contribution in [0.1, 0.15) is 11.3 Å². The molecule has 0 fully saturated rings. The van der Waals surface area contributed by atoms with Crippen LogP contribution in [0.2, 0.25) is 0 Å². The van der Waals surface area contributed by atoms with E-state index < -0.39 is 0 Å². The number of hydrogen-bond donors (Lipinski definition) is 2. The largest absolute Gasteiger partial charge is 0.497 e. The lowest BCUT2D eigenvalue weighted by atomic mass is 10.1. The van der Waals surface area contributed by atoms with Crippen LogP contribution in [0, 0.1) is 6.92 Å². The molecule has 0 radical (unpaired) electrons. The van der Waals surface area contributed by atoms with Crippen LogP contribution in [-0.2, 0) is 11.2 Å². The number of aryl methyl sites for hydroxylation is 1. The van der Waals surface area contributed by atoms with Crippen LogP contribution in [-0.4, -0.2) is 39.3 Å². The van der Waals surface area contributed by atoms with Crippen molar-refractivity contribution in [3.05, 3.63) is 41.6 Å². The van der Waals surface area contributed by atoms with Gasteiger partial charge in [0.15, 0.2) is 11.5 Å². The quantitative estimate of drug-likeness (QED) is 0.649. The third-order valence-electron chi connectivity index (χ3n) is 4.61. The molecule has 0 bridgehead atoms. The van der Waals surface area contributed by atoms with Gasteiger partial charge in [-0.25, -0.2) is 0 Å². The van der Waals surface area contributed by atoms with Gasteiger partial charge < -0.3 is 29.2 Å². The molecule has 0 spiro atoms. The number of anilines is 1. The molecule has 7 nitrogen and oxygen atoms in total. The van der Waals surface area contributed by atoms with Crippen molar-refractivity contribution < 1.29 is 23.7 Å². The molecule has 1 heterocycles. The van der Waals surface area contributed by atoms with Crippen LogP contribution in [0.4, 0.5) is 5.69 Å². The zero-order valence-corrected chi connectivity index (χ0v) is 16.6.